The SMILES string of the molecule is CNC(=O)[C@H](Cc1ccc(OCCCCCC(C)C)cc1)NC(=O)OC(C)(C)C. The molecule has 0 fully saturated rings. The summed E-state index contributed by atoms with van der Waals surface area (Å²) in [7, 11) is 1.55. The first-order chi connectivity index (χ1) is 13.6. The van der Waals surface area contributed by atoms with E-state index in [0.717, 1.165) is 23.7 Å². The number of nitrogens with one attached hydrogen (secondary N) is 2. The Labute approximate surface area is 175 Å². The summed E-state index contributed by atoms with van der Waals surface area (Å²) in [5, 5.41) is 5.23. The number of carbonyl (C=O) groups excluding carboxylic acids is 2. The van der Waals surface area contributed by atoms with Crippen LogP contribution in [0.25, 0.3) is 0 Å². The summed E-state index contributed by atoms with van der Waals surface area (Å²) in [5.41, 5.74) is 0.310. The van der Waals surface area contributed by atoms with Crippen LogP contribution in [0.15, 0.2) is 24.3 Å². The zero-order valence-electron chi connectivity index (χ0n) is 18.8. The molecular weight excluding hydrogens is 368 g/mol. The number of carbonyl (C=O) groups is 2. The Morgan fingerprint density at radius 3 is 2.24 bits per heavy atom. The van der Waals surface area contributed by atoms with Crippen molar-refractivity contribution in [2.75, 3.05) is 13.7 Å². The lowest BCUT2D eigenvalue weighted by molar-refractivity contribution is -0.122. The van der Waals surface area contributed by atoms with Gasteiger partial charge in [-0.1, -0.05) is 45.2 Å². The van der Waals surface area contributed by atoms with E-state index in [-0.39, 0.29) is 5.91 Å². The third-order valence-corrected chi connectivity index (χ3v) is 4.31. The van der Waals surface area contributed by atoms with Crippen molar-refractivity contribution in [3.8, 4) is 5.75 Å². The highest BCUT2D eigenvalue weighted by molar-refractivity contribution is 5.85. The molecule has 1 aromatic rings. The van der Waals surface area contributed by atoms with Gasteiger partial charge in [0.2, 0.25) is 5.91 Å². The average Bonchev–Trinajstić information content (AvgIpc) is 2.62. The fourth-order valence-corrected chi connectivity index (χ4v) is 2.81. The predicted molar refractivity (Wildman–Crippen MR) is 116 cm³/mol. The van der Waals surface area contributed by atoms with E-state index in [4.69, 9.17) is 9.47 Å². The molecule has 0 saturated carbocycles. The van der Waals surface area contributed by atoms with E-state index in [1.54, 1.807) is 27.8 Å². The van der Waals surface area contributed by atoms with E-state index in [9.17, 15) is 9.59 Å². The van der Waals surface area contributed by atoms with Crippen LogP contribution >= 0.6 is 0 Å². The molecule has 0 aromatic heterocycles. The molecule has 2 amide bonds. The van der Waals surface area contributed by atoms with Gasteiger partial charge >= 0.3 is 6.09 Å². The van der Waals surface area contributed by atoms with Gasteiger partial charge in [0.15, 0.2) is 0 Å². The minimum absolute atomic E-state index is 0.266. The number of alkyl carbamates (subject to hydrolysis) is 1. The zero-order valence-corrected chi connectivity index (χ0v) is 18.8. The molecule has 0 aliphatic heterocycles. The number of likely N-dealkylation sites (N-methyl/N-ethyl adjacent to an activating group) is 1. The first-order valence-corrected chi connectivity index (χ1v) is 10.5. The number of ether oxygens (including phenoxy) is 2. The molecule has 0 spiro atoms. The molecule has 1 rings (SSSR count). The summed E-state index contributed by atoms with van der Waals surface area (Å²) in [6, 6.07) is 6.93. The first-order valence-electron chi connectivity index (χ1n) is 10.5. The molecule has 6 nitrogen and oxygen atoms in total. The van der Waals surface area contributed by atoms with Crippen LogP contribution in [0.5, 0.6) is 5.75 Å². The lowest BCUT2D eigenvalue weighted by atomic mass is 10.1. The largest absolute Gasteiger partial charge is 0.494 e. The lowest BCUT2D eigenvalue weighted by Crippen LogP contribution is -2.48. The summed E-state index contributed by atoms with van der Waals surface area (Å²) >= 11 is 0. The van der Waals surface area contributed by atoms with Gasteiger partial charge in [0, 0.05) is 13.5 Å². The first kappa shape index (κ1) is 24.8. The summed E-state index contributed by atoms with van der Waals surface area (Å²) < 4.78 is 11.0. The van der Waals surface area contributed by atoms with Gasteiger partial charge in [-0.3, -0.25) is 4.79 Å². The molecule has 0 bridgehead atoms. The van der Waals surface area contributed by atoms with Crippen molar-refractivity contribution in [3.63, 3.8) is 0 Å². The molecule has 164 valence electrons. The van der Waals surface area contributed by atoms with Crippen LogP contribution in [0.2, 0.25) is 0 Å². The zero-order chi connectivity index (χ0) is 21.9. The van der Waals surface area contributed by atoms with Gasteiger partial charge < -0.3 is 20.1 Å². The molecule has 0 heterocycles. The normalized spacial score (nSPS) is 12.4. The minimum atomic E-state index is -0.706. The third kappa shape index (κ3) is 11.4. The Morgan fingerprint density at radius 2 is 1.69 bits per heavy atom. The van der Waals surface area contributed by atoms with Gasteiger partial charge in [0.1, 0.15) is 17.4 Å². The maximum Gasteiger partial charge on any atom is 0.408 e. The maximum absolute atomic E-state index is 12.1. The highest BCUT2D eigenvalue weighted by Gasteiger charge is 2.24. The molecule has 0 aliphatic carbocycles. The minimum Gasteiger partial charge on any atom is -0.494 e. The highest BCUT2D eigenvalue weighted by atomic mass is 16.6. The standard InChI is InChI=1S/C23H38N2O4/c1-17(2)10-8-7-9-15-28-19-13-11-18(12-14-19)16-20(21(26)24-6)25-22(27)29-23(3,4)5/h11-14,17,20H,7-10,15-16H2,1-6H3,(H,24,26)(H,25,27)/t20-/m0/s1. The maximum atomic E-state index is 12.1. The quantitative estimate of drug-likeness (QED) is 0.532. The smallest absolute Gasteiger partial charge is 0.408 e. The van der Waals surface area contributed by atoms with Crippen LogP contribution in [0, 0.1) is 5.92 Å². The summed E-state index contributed by atoms with van der Waals surface area (Å²) in [6.45, 7) is 10.5. The van der Waals surface area contributed by atoms with Crippen molar-refractivity contribution < 1.29 is 19.1 Å². The van der Waals surface area contributed by atoms with E-state index in [0.29, 0.717) is 13.0 Å². The molecule has 6 heteroatoms. The second-order valence-corrected chi connectivity index (χ2v) is 8.75. The second kappa shape index (κ2) is 12.3. The van der Waals surface area contributed by atoms with Crippen molar-refractivity contribution in [2.45, 2.75) is 78.4 Å². The van der Waals surface area contributed by atoms with Gasteiger partial charge in [0.05, 0.1) is 6.61 Å². The third-order valence-electron chi connectivity index (χ3n) is 4.31. The van der Waals surface area contributed by atoms with E-state index in [1.165, 1.54) is 19.3 Å². The van der Waals surface area contributed by atoms with Crippen LogP contribution in [-0.2, 0) is 16.0 Å². The Bertz CT molecular complexity index is 621. The van der Waals surface area contributed by atoms with Crippen molar-refractivity contribution in [2.24, 2.45) is 5.92 Å². The summed E-state index contributed by atoms with van der Waals surface area (Å²) in [5.74, 6) is 1.30. The van der Waals surface area contributed by atoms with Gasteiger partial charge in [-0.25, -0.2) is 4.79 Å². The van der Waals surface area contributed by atoms with Crippen LogP contribution in [0.4, 0.5) is 4.79 Å². The number of amides is 2. The molecule has 0 radical (unpaired) electrons. The van der Waals surface area contributed by atoms with Crippen molar-refractivity contribution >= 4 is 12.0 Å². The highest BCUT2D eigenvalue weighted by Crippen LogP contribution is 2.15. The predicted octanol–water partition coefficient (Wildman–Crippen LogP) is 4.46. The Morgan fingerprint density at radius 1 is 1.03 bits per heavy atom. The number of benzene rings is 1. The van der Waals surface area contributed by atoms with E-state index < -0.39 is 17.7 Å². The van der Waals surface area contributed by atoms with Gasteiger partial charge in [-0.15, -0.1) is 0 Å². The number of rotatable bonds is 11. The Balaban J connectivity index is 2.52. The van der Waals surface area contributed by atoms with Gasteiger partial charge in [-0.2, -0.15) is 0 Å². The average molecular weight is 407 g/mol. The van der Waals surface area contributed by atoms with Crippen LogP contribution < -0.4 is 15.4 Å². The molecule has 29 heavy (non-hydrogen) atoms. The van der Waals surface area contributed by atoms with E-state index in [1.807, 2.05) is 24.3 Å². The lowest BCUT2D eigenvalue weighted by Gasteiger charge is -2.23. The number of hydrogen-bond acceptors (Lipinski definition) is 4. The molecule has 2 N–H and O–H groups in total. The van der Waals surface area contributed by atoms with Crippen LogP contribution in [-0.4, -0.2) is 37.3 Å². The molecule has 0 unspecified atom stereocenters. The molecule has 0 aliphatic rings. The second-order valence-electron chi connectivity index (χ2n) is 8.75. The van der Waals surface area contributed by atoms with E-state index >= 15 is 0 Å². The topological polar surface area (TPSA) is 76.7 Å². The molecule has 1 aromatic carbocycles. The van der Waals surface area contributed by atoms with Crippen molar-refractivity contribution in [1.29, 1.82) is 0 Å². The molecule has 0 saturated heterocycles. The Kier molecular flexibility index (Phi) is 10.6. The van der Waals surface area contributed by atoms with Gasteiger partial charge in [0.25, 0.3) is 0 Å². The number of unbranched alkanes of at least 4 members (excludes halogenated alkanes) is 2. The van der Waals surface area contributed by atoms with Crippen LogP contribution in [0.3, 0.4) is 0 Å². The fourth-order valence-electron chi connectivity index (χ4n) is 2.81. The van der Waals surface area contributed by atoms with Crippen molar-refractivity contribution in [1.82, 2.24) is 10.6 Å². The molecular formula is C23H38N2O4. The van der Waals surface area contributed by atoms with E-state index in [2.05, 4.69) is 24.5 Å². The Hall–Kier alpha value is -2.24. The summed E-state index contributed by atoms with van der Waals surface area (Å²) in [6.07, 6.45) is 4.50. The summed E-state index contributed by atoms with van der Waals surface area (Å²) in [4.78, 5) is 24.2. The molecule has 1 atom stereocenters. The monoisotopic (exact) mass is 406 g/mol. The fraction of sp³-hybridized carbons (Fsp3) is 0.652. The number of hydrogen-bond donors (Lipinski definition) is 2. The van der Waals surface area contributed by atoms with Crippen molar-refractivity contribution in [3.05, 3.63) is 29.8 Å². The van der Waals surface area contributed by atoms with Gasteiger partial charge in [-0.05, 0) is 50.8 Å². The van der Waals surface area contributed by atoms with Crippen LogP contribution in [0.1, 0.15) is 65.9 Å².